The highest BCUT2D eigenvalue weighted by Gasteiger charge is 2.18. The van der Waals surface area contributed by atoms with Crippen LogP contribution in [-0.4, -0.2) is 25.0 Å². The fraction of sp³-hybridized carbons (Fsp3) is 0.579. The van der Waals surface area contributed by atoms with Gasteiger partial charge in [-0.2, -0.15) is 0 Å². The van der Waals surface area contributed by atoms with Gasteiger partial charge in [-0.15, -0.1) is 0 Å². The van der Waals surface area contributed by atoms with Gasteiger partial charge < -0.3 is 15.4 Å². The van der Waals surface area contributed by atoms with Gasteiger partial charge in [0.15, 0.2) is 0 Å². The third-order valence-corrected chi connectivity index (χ3v) is 4.41. The number of carbonyl (C=O) groups is 2. The third kappa shape index (κ3) is 6.22. The lowest BCUT2D eigenvalue weighted by atomic mass is 9.95. The quantitative estimate of drug-likeness (QED) is 0.803. The van der Waals surface area contributed by atoms with E-state index in [0.717, 1.165) is 24.3 Å². The van der Waals surface area contributed by atoms with Gasteiger partial charge >= 0.3 is 0 Å². The molecule has 2 N–H and O–H groups in total. The normalized spacial score (nSPS) is 16.2. The molecule has 1 saturated carbocycles. The molecule has 0 aromatic heterocycles. The van der Waals surface area contributed by atoms with E-state index in [2.05, 4.69) is 10.6 Å². The first-order valence-electron chi connectivity index (χ1n) is 8.80. The van der Waals surface area contributed by atoms with Gasteiger partial charge in [-0.05, 0) is 43.0 Å². The predicted molar refractivity (Wildman–Crippen MR) is 95.0 cm³/mol. The summed E-state index contributed by atoms with van der Waals surface area (Å²) in [6, 6.07) is 7.54. The van der Waals surface area contributed by atoms with Crippen molar-refractivity contribution in [1.29, 1.82) is 0 Å². The molecule has 1 aliphatic carbocycles. The monoisotopic (exact) mass is 332 g/mol. The van der Waals surface area contributed by atoms with E-state index in [4.69, 9.17) is 4.74 Å². The molecule has 1 aromatic carbocycles. The molecule has 0 saturated heterocycles. The Kier molecular flexibility index (Phi) is 7.09. The summed E-state index contributed by atoms with van der Waals surface area (Å²) >= 11 is 0. The Morgan fingerprint density at radius 2 is 1.71 bits per heavy atom. The van der Waals surface area contributed by atoms with Gasteiger partial charge in [0, 0.05) is 24.6 Å². The number of hydrogen-bond acceptors (Lipinski definition) is 3. The summed E-state index contributed by atoms with van der Waals surface area (Å²) < 4.78 is 5.09. The molecule has 0 heterocycles. The van der Waals surface area contributed by atoms with E-state index in [1.54, 1.807) is 31.4 Å². The van der Waals surface area contributed by atoms with E-state index < -0.39 is 0 Å². The van der Waals surface area contributed by atoms with E-state index in [1.807, 2.05) is 6.92 Å². The summed E-state index contributed by atoms with van der Waals surface area (Å²) in [7, 11) is 1.60. The highest BCUT2D eigenvalue weighted by atomic mass is 16.5. The topological polar surface area (TPSA) is 67.4 Å². The van der Waals surface area contributed by atoms with Gasteiger partial charge in [0.25, 0.3) is 0 Å². The highest BCUT2D eigenvalue weighted by Crippen LogP contribution is 2.19. The van der Waals surface area contributed by atoms with Crippen LogP contribution in [0.5, 0.6) is 5.75 Å². The Morgan fingerprint density at radius 3 is 2.33 bits per heavy atom. The standard InChI is InChI=1S/C19H28N2O3/c1-14(12-18(22)20-15-6-4-3-5-7-15)13-19(23)21-16-8-10-17(24-2)11-9-16/h8-11,14-15H,3-7,12-13H2,1-2H3,(H,20,22)(H,21,23)/t14-/m0/s1. The van der Waals surface area contributed by atoms with Crippen molar-refractivity contribution in [2.45, 2.75) is 57.9 Å². The van der Waals surface area contributed by atoms with Crippen molar-refractivity contribution in [3.8, 4) is 5.75 Å². The van der Waals surface area contributed by atoms with Crippen molar-refractivity contribution >= 4 is 17.5 Å². The molecule has 24 heavy (non-hydrogen) atoms. The third-order valence-electron chi connectivity index (χ3n) is 4.41. The van der Waals surface area contributed by atoms with E-state index in [1.165, 1.54) is 19.3 Å². The number of rotatable bonds is 7. The van der Waals surface area contributed by atoms with Gasteiger partial charge in [0.1, 0.15) is 5.75 Å². The van der Waals surface area contributed by atoms with Crippen LogP contribution in [0.25, 0.3) is 0 Å². The molecule has 1 aliphatic rings. The van der Waals surface area contributed by atoms with Crippen LogP contribution in [0.4, 0.5) is 5.69 Å². The lowest BCUT2D eigenvalue weighted by Crippen LogP contribution is -2.37. The predicted octanol–water partition coefficient (Wildman–Crippen LogP) is 3.50. The van der Waals surface area contributed by atoms with Crippen molar-refractivity contribution in [2.24, 2.45) is 5.92 Å². The van der Waals surface area contributed by atoms with Crippen LogP contribution in [0.2, 0.25) is 0 Å². The molecule has 5 heteroatoms. The van der Waals surface area contributed by atoms with Gasteiger partial charge in [0.05, 0.1) is 7.11 Å². The Labute approximate surface area is 144 Å². The number of benzene rings is 1. The van der Waals surface area contributed by atoms with E-state index in [-0.39, 0.29) is 17.7 Å². The minimum Gasteiger partial charge on any atom is -0.497 e. The zero-order valence-corrected chi connectivity index (χ0v) is 14.6. The fourth-order valence-corrected chi connectivity index (χ4v) is 3.13. The summed E-state index contributed by atoms with van der Waals surface area (Å²) in [5.74, 6) is 0.761. The van der Waals surface area contributed by atoms with Crippen LogP contribution >= 0.6 is 0 Å². The average Bonchev–Trinajstić information content (AvgIpc) is 2.56. The van der Waals surface area contributed by atoms with Crippen LogP contribution in [0, 0.1) is 5.92 Å². The summed E-state index contributed by atoms with van der Waals surface area (Å²) in [4.78, 5) is 24.2. The molecular weight excluding hydrogens is 304 g/mol. The maximum atomic E-state index is 12.1. The number of methoxy groups -OCH3 is 1. The van der Waals surface area contributed by atoms with E-state index in [0.29, 0.717) is 18.9 Å². The number of ether oxygens (including phenoxy) is 1. The molecule has 0 bridgehead atoms. The maximum Gasteiger partial charge on any atom is 0.224 e. The van der Waals surface area contributed by atoms with Crippen molar-refractivity contribution in [3.63, 3.8) is 0 Å². The number of carbonyl (C=O) groups excluding carboxylic acids is 2. The van der Waals surface area contributed by atoms with Gasteiger partial charge in [-0.1, -0.05) is 26.2 Å². The first-order chi connectivity index (χ1) is 11.6. The van der Waals surface area contributed by atoms with Gasteiger partial charge in [0.2, 0.25) is 11.8 Å². The molecule has 0 aliphatic heterocycles. The van der Waals surface area contributed by atoms with E-state index >= 15 is 0 Å². The second-order valence-corrected chi connectivity index (χ2v) is 6.69. The van der Waals surface area contributed by atoms with Crippen molar-refractivity contribution < 1.29 is 14.3 Å². The smallest absolute Gasteiger partial charge is 0.224 e. The molecule has 1 fully saturated rings. The molecule has 132 valence electrons. The lowest BCUT2D eigenvalue weighted by Gasteiger charge is -2.23. The number of hydrogen-bond donors (Lipinski definition) is 2. The zero-order chi connectivity index (χ0) is 17.4. The van der Waals surface area contributed by atoms with Gasteiger partial charge in [-0.3, -0.25) is 9.59 Å². The Morgan fingerprint density at radius 1 is 1.08 bits per heavy atom. The second-order valence-electron chi connectivity index (χ2n) is 6.69. The SMILES string of the molecule is COc1ccc(NC(=O)C[C@@H](C)CC(=O)NC2CCCCC2)cc1. The first-order valence-corrected chi connectivity index (χ1v) is 8.80. The zero-order valence-electron chi connectivity index (χ0n) is 14.6. The van der Waals surface area contributed by atoms with Crippen LogP contribution in [-0.2, 0) is 9.59 Å². The average molecular weight is 332 g/mol. The van der Waals surface area contributed by atoms with Crippen LogP contribution in [0.15, 0.2) is 24.3 Å². The number of anilines is 1. The maximum absolute atomic E-state index is 12.1. The molecule has 1 atom stereocenters. The highest BCUT2D eigenvalue weighted by molar-refractivity contribution is 5.91. The number of nitrogens with one attached hydrogen (secondary N) is 2. The summed E-state index contributed by atoms with van der Waals surface area (Å²) in [6.07, 6.45) is 6.57. The molecular formula is C19H28N2O3. The van der Waals surface area contributed by atoms with Crippen molar-refractivity contribution in [2.75, 3.05) is 12.4 Å². The largest absolute Gasteiger partial charge is 0.497 e. The molecule has 1 aromatic rings. The molecule has 0 unspecified atom stereocenters. The molecule has 0 spiro atoms. The summed E-state index contributed by atoms with van der Waals surface area (Å²) in [5.41, 5.74) is 0.736. The fourth-order valence-electron chi connectivity index (χ4n) is 3.13. The second kappa shape index (κ2) is 9.30. The molecule has 2 rings (SSSR count). The van der Waals surface area contributed by atoms with Crippen molar-refractivity contribution in [1.82, 2.24) is 5.32 Å². The minimum absolute atomic E-state index is 0.0202. The van der Waals surface area contributed by atoms with Crippen molar-refractivity contribution in [3.05, 3.63) is 24.3 Å². The van der Waals surface area contributed by atoms with Crippen LogP contribution in [0.3, 0.4) is 0 Å². The Balaban J connectivity index is 1.70. The Hall–Kier alpha value is -2.04. The summed E-state index contributed by atoms with van der Waals surface area (Å²) in [6.45, 7) is 1.94. The summed E-state index contributed by atoms with van der Waals surface area (Å²) in [5, 5.41) is 5.95. The molecule has 0 radical (unpaired) electrons. The van der Waals surface area contributed by atoms with E-state index in [9.17, 15) is 9.59 Å². The molecule has 2 amide bonds. The molecule has 5 nitrogen and oxygen atoms in total. The minimum atomic E-state index is -0.0712. The van der Waals surface area contributed by atoms with Crippen LogP contribution < -0.4 is 15.4 Å². The van der Waals surface area contributed by atoms with Gasteiger partial charge in [-0.25, -0.2) is 0 Å². The van der Waals surface area contributed by atoms with Crippen LogP contribution in [0.1, 0.15) is 51.9 Å². The Bertz CT molecular complexity index is 536. The first kappa shape index (κ1) is 18.3. The lowest BCUT2D eigenvalue weighted by molar-refractivity contribution is -0.123. The number of amides is 2.